The average molecular weight is 224 g/mol. The molecule has 2 rings (SSSR count). The Morgan fingerprint density at radius 1 is 1.60 bits per heavy atom. The van der Waals surface area contributed by atoms with Crippen LogP contribution in [0.25, 0.3) is 0 Å². The maximum absolute atomic E-state index is 10.3. The van der Waals surface area contributed by atoms with Gasteiger partial charge in [-0.25, -0.2) is 0 Å². The molecule has 80 valence electrons. The number of aryl methyl sites for hydroxylation is 1. The zero-order valence-corrected chi connectivity index (χ0v) is 9.30. The Morgan fingerprint density at radius 2 is 2.47 bits per heavy atom. The summed E-state index contributed by atoms with van der Waals surface area (Å²) in [5, 5.41) is 0. The molecule has 1 aliphatic heterocycles. The maximum Gasteiger partial charge on any atom is 0.138 e. The van der Waals surface area contributed by atoms with Crippen molar-refractivity contribution in [1.29, 1.82) is 0 Å². The molecular formula is C11H12O3S. The molecule has 3 nitrogen and oxygen atoms in total. The van der Waals surface area contributed by atoms with Crippen LogP contribution in [0, 0.1) is 0 Å². The van der Waals surface area contributed by atoms with E-state index in [0.29, 0.717) is 18.8 Å². The Hall–Kier alpha value is -1.16. The quantitative estimate of drug-likeness (QED) is 0.735. The summed E-state index contributed by atoms with van der Waals surface area (Å²) in [5.41, 5.74) is 1.03. The van der Waals surface area contributed by atoms with Gasteiger partial charge in [0.2, 0.25) is 0 Å². The lowest BCUT2D eigenvalue weighted by atomic mass is 10.1. The molecule has 1 heterocycles. The SMILES string of the molecule is COc1cc2c(cc1CCC=O)OCS2. The first kappa shape index (κ1) is 10.4. The Labute approximate surface area is 92.8 Å². The van der Waals surface area contributed by atoms with Crippen molar-refractivity contribution >= 4 is 18.0 Å². The molecule has 0 aromatic heterocycles. The molecular weight excluding hydrogens is 212 g/mol. The highest BCUT2D eigenvalue weighted by molar-refractivity contribution is 7.99. The third-order valence-electron chi connectivity index (χ3n) is 2.31. The third-order valence-corrected chi connectivity index (χ3v) is 3.17. The highest BCUT2D eigenvalue weighted by Crippen LogP contribution is 2.40. The van der Waals surface area contributed by atoms with Crippen LogP contribution >= 0.6 is 11.8 Å². The molecule has 0 fully saturated rings. The van der Waals surface area contributed by atoms with Crippen LogP contribution in [-0.2, 0) is 11.2 Å². The number of thioether (sulfide) groups is 1. The number of hydrogen-bond acceptors (Lipinski definition) is 4. The van der Waals surface area contributed by atoms with Gasteiger partial charge in [0.25, 0.3) is 0 Å². The Kier molecular flexibility index (Phi) is 3.16. The van der Waals surface area contributed by atoms with Crippen LogP contribution in [0.5, 0.6) is 11.5 Å². The highest BCUT2D eigenvalue weighted by atomic mass is 32.2. The molecule has 0 amide bonds. The van der Waals surface area contributed by atoms with Crippen LogP contribution < -0.4 is 9.47 Å². The van der Waals surface area contributed by atoms with E-state index in [1.54, 1.807) is 18.9 Å². The molecule has 0 unspecified atom stereocenters. The Bertz CT molecular complexity index is 376. The van der Waals surface area contributed by atoms with Crippen LogP contribution in [-0.4, -0.2) is 19.3 Å². The number of methoxy groups -OCH3 is 1. The molecule has 1 aromatic carbocycles. The molecule has 4 heteroatoms. The number of aldehydes is 1. The van der Waals surface area contributed by atoms with Crippen molar-refractivity contribution < 1.29 is 14.3 Å². The standard InChI is InChI=1S/C11H12O3S/c1-13-9-6-11-10(14-7-15-11)5-8(9)3-2-4-12/h4-6H,2-3,7H2,1H3. The second-order valence-corrected chi connectivity index (χ2v) is 4.19. The number of rotatable bonds is 4. The summed E-state index contributed by atoms with van der Waals surface area (Å²) in [5.74, 6) is 2.41. The second-order valence-electron chi connectivity index (χ2n) is 3.22. The van der Waals surface area contributed by atoms with E-state index in [2.05, 4.69) is 0 Å². The van der Waals surface area contributed by atoms with Crippen LogP contribution in [0.2, 0.25) is 0 Å². The number of ether oxygens (including phenoxy) is 2. The van der Waals surface area contributed by atoms with Crippen molar-refractivity contribution in [2.45, 2.75) is 17.7 Å². The molecule has 0 bridgehead atoms. The predicted octanol–water partition coefficient (Wildman–Crippen LogP) is 2.27. The topological polar surface area (TPSA) is 35.5 Å². The minimum Gasteiger partial charge on any atom is -0.496 e. The predicted molar refractivity (Wildman–Crippen MR) is 58.7 cm³/mol. The zero-order valence-electron chi connectivity index (χ0n) is 8.49. The van der Waals surface area contributed by atoms with Gasteiger partial charge in [-0.3, -0.25) is 0 Å². The van der Waals surface area contributed by atoms with Crippen LogP contribution in [0.3, 0.4) is 0 Å². The molecule has 0 spiro atoms. The van der Waals surface area contributed by atoms with Crippen molar-refractivity contribution in [3.05, 3.63) is 17.7 Å². The van der Waals surface area contributed by atoms with E-state index in [1.807, 2.05) is 12.1 Å². The number of carbonyl (C=O) groups excluding carboxylic acids is 1. The van der Waals surface area contributed by atoms with E-state index in [0.717, 1.165) is 28.2 Å². The number of hydrogen-bond donors (Lipinski definition) is 0. The van der Waals surface area contributed by atoms with E-state index in [1.165, 1.54) is 0 Å². The van der Waals surface area contributed by atoms with Gasteiger partial charge in [0.1, 0.15) is 23.7 Å². The number of benzene rings is 1. The van der Waals surface area contributed by atoms with Crippen molar-refractivity contribution in [2.75, 3.05) is 13.0 Å². The molecule has 0 aliphatic carbocycles. The summed E-state index contributed by atoms with van der Waals surface area (Å²) in [4.78, 5) is 11.4. The molecule has 0 N–H and O–H groups in total. The molecule has 0 radical (unpaired) electrons. The summed E-state index contributed by atoms with van der Waals surface area (Å²) in [6, 6.07) is 3.95. The molecule has 15 heavy (non-hydrogen) atoms. The number of fused-ring (bicyclic) bond motifs is 1. The van der Waals surface area contributed by atoms with Gasteiger partial charge in [0, 0.05) is 6.42 Å². The Morgan fingerprint density at radius 3 is 3.20 bits per heavy atom. The lowest BCUT2D eigenvalue weighted by Crippen LogP contribution is -1.94. The fourth-order valence-electron chi connectivity index (χ4n) is 1.57. The fraction of sp³-hybridized carbons (Fsp3) is 0.364. The Balaban J connectivity index is 2.30. The van der Waals surface area contributed by atoms with Crippen molar-refractivity contribution in [3.63, 3.8) is 0 Å². The van der Waals surface area contributed by atoms with Crippen LogP contribution in [0.4, 0.5) is 0 Å². The largest absolute Gasteiger partial charge is 0.496 e. The van der Waals surface area contributed by atoms with Crippen LogP contribution in [0.1, 0.15) is 12.0 Å². The van der Waals surface area contributed by atoms with Gasteiger partial charge in [0.05, 0.1) is 12.0 Å². The van der Waals surface area contributed by atoms with E-state index >= 15 is 0 Å². The summed E-state index contributed by atoms with van der Waals surface area (Å²) in [7, 11) is 1.65. The minimum absolute atomic E-state index is 0.516. The van der Waals surface area contributed by atoms with Crippen molar-refractivity contribution in [3.8, 4) is 11.5 Å². The fourth-order valence-corrected chi connectivity index (χ4v) is 2.33. The molecule has 1 aliphatic rings. The van der Waals surface area contributed by atoms with Gasteiger partial charge in [-0.15, -0.1) is 0 Å². The van der Waals surface area contributed by atoms with Gasteiger partial charge in [-0.05, 0) is 24.1 Å². The smallest absolute Gasteiger partial charge is 0.138 e. The van der Waals surface area contributed by atoms with Gasteiger partial charge in [-0.2, -0.15) is 0 Å². The van der Waals surface area contributed by atoms with Gasteiger partial charge in [-0.1, -0.05) is 11.8 Å². The summed E-state index contributed by atoms with van der Waals surface area (Å²) in [6.45, 7) is 0. The lowest BCUT2D eigenvalue weighted by molar-refractivity contribution is -0.107. The summed E-state index contributed by atoms with van der Waals surface area (Å²) in [6.07, 6.45) is 2.14. The van der Waals surface area contributed by atoms with Gasteiger partial charge < -0.3 is 14.3 Å². The normalized spacial score (nSPS) is 13.1. The number of carbonyl (C=O) groups is 1. The first-order valence-electron chi connectivity index (χ1n) is 4.75. The summed E-state index contributed by atoms with van der Waals surface area (Å²) >= 11 is 1.66. The minimum atomic E-state index is 0.516. The molecule has 0 saturated carbocycles. The molecule has 0 saturated heterocycles. The first-order valence-corrected chi connectivity index (χ1v) is 5.74. The van der Waals surface area contributed by atoms with Crippen LogP contribution in [0.15, 0.2) is 17.0 Å². The zero-order chi connectivity index (χ0) is 10.7. The second kappa shape index (κ2) is 4.57. The van der Waals surface area contributed by atoms with E-state index < -0.39 is 0 Å². The highest BCUT2D eigenvalue weighted by Gasteiger charge is 2.16. The lowest BCUT2D eigenvalue weighted by Gasteiger charge is -2.09. The van der Waals surface area contributed by atoms with Crippen molar-refractivity contribution in [1.82, 2.24) is 0 Å². The monoisotopic (exact) mass is 224 g/mol. The average Bonchev–Trinajstić information content (AvgIpc) is 2.71. The first-order chi connectivity index (χ1) is 7.35. The van der Waals surface area contributed by atoms with E-state index in [9.17, 15) is 4.79 Å². The van der Waals surface area contributed by atoms with E-state index in [4.69, 9.17) is 9.47 Å². The molecule has 0 atom stereocenters. The maximum atomic E-state index is 10.3. The van der Waals surface area contributed by atoms with Crippen molar-refractivity contribution in [2.24, 2.45) is 0 Å². The van der Waals surface area contributed by atoms with E-state index in [-0.39, 0.29) is 0 Å². The summed E-state index contributed by atoms with van der Waals surface area (Å²) < 4.78 is 10.7. The third kappa shape index (κ3) is 2.09. The van der Waals surface area contributed by atoms with Gasteiger partial charge >= 0.3 is 0 Å². The molecule has 1 aromatic rings. The van der Waals surface area contributed by atoms with Gasteiger partial charge in [0.15, 0.2) is 0 Å².